The first-order chi connectivity index (χ1) is 14.0. The second-order valence-electron chi connectivity index (χ2n) is 6.26. The van der Waals surface area contributed by atoms with Gasteiger partial charge in [0.25, 0.3) is 0 Å². The number of rotatable bonds is 8. The molecule has 0 aliphatic carbocycles. The Hall–Kier alpha value is -3.45. The Bertz CT molecular complexity index is 1060. The predicted octanol–water partition coefficient (Wildman–Crippen LogP) is 5.45. The van der Waals surface area contributed by atoms with E-state index in [0.29, 0.717) is 16.2 Å². The number of benzene rings is 2. The molecule has 6 nitrogen and oxygen atoms in total. The molecule has 0 aliphatic rings. The van der Waals surface area contributed by atoms with Crippen molar-refractivity contribution in [1.29, 1.82) is 0 Å². The van der Waals surface area contributed by atoms with Gasteiger partial charge in [-0.1, -0.05) is 24.3 Å². The third-order valence-electron chi connectivity index (χ3n) is 4.19. The number of carbonyl (C=O) groups is 1. The highest BCUT2D eigenvalue weighted by Gasteiger charge is 2.16. The lowest BCUT2D eigenvalue weighted by molar-refractivity contribution is -0.386. The van der Waals surface area contributed by atoms with Gasteiger partial charge in [0.2, 0.25) is 0 Å². The number of nitrogens with zero attached hydrogens (tertiary/aromatic N) is 1. The summed E-state index contributed by atoms with van der Waals surface area (Å²) in [5, 5.41) is 13.1. The zero-order valence-electron chi connectivity index (χ0n) is 16.0. The van der Waals surface area contributed by atoms with Crippen molar-refractivity contribution in [2.24, 2.45) is 0 Å². The van der Waals surface area contributed by atoms with Crippen LogP contribution < -0.4 is 9.47 Å². The first-order valence-electron chi connectivity index (χ1n) is 8.78. The van der Waals surface area contributed by atoms with E-state index in [2.05, 4.69) is 0 Å². The van der Waals surface area contributed by atoms with Crippen LogP contribution in [0.25, 0.3) is 6.08 Å². The molecule has 0 saturated carbocycles. The van der Waals surface area contributed by atoms with Gasteiger partial charge in [0.15, 0.2) is 11.5 Å². The highest BCUT2D eigenvalue weighted by Crippen LogP contribution is 2.30. The summed E-state index contributed by atoms with van der Waals surface area (Å²) in [7, 11) is 1.55. The minimum atomic E-state index is -0.471. The molecule has 0 radical (unpaired) electrons. The number of carbonyl (C=O) groups excluding carboxylic acids is 1. The molecule has 148 valence electrons. The van der Waals surface area contributed by atoms with Gasteiger partial charge >= 0.3 is 5.69 Å². The molecule has 0 unspecified atom stereocenters. The van der Waals surface area contributed by atoms with Crippen molar-refractivity contribution in [3.63, 3.8) is 0 Å². The number of hydrogen-bond acceptors (Lipinski definition) is 6. The maximum Gasteiger partial charge on any atom is 0.310 e. The number of allylic oxidation sites excluding steroid dienone is 1. The van der Waals surface area contributed by atoms with Gasteiger partial charge in [0.1, 0.15) is 12.4 Å². The van der Waals surface area contributed by atoms with Crippen LogP contribution in [0.5, 0.6) is 11.5 Å². The van der Waals surface area contributed by atoms with Crippen molar-refractivity contribution in [3.05, 3.63) is 91.7 Å². The molecule has 0 spiro atoms. The van der Waals surface area contributed by atoms with Crippen LogP contribution in [0.4, 0.5) is 5.69 Å². The largest absolute Gasteiger partial charge is 0.496 e. The van der Waals surface area contributed by atoms with Crippen molar-refractivity contribution < 1.29 is 19.2 Å². The van der Waals surface area contributed by atoms with Gasteiger partial charge < -0.3 is 9.47 Å². The Balaban J connectivity index is 1.80. The first kappa shape index (κ1) is 20.3. The molecule has 0 saturated heterocycles. The summed E-state index contributed by atoms with van der Waals surface area (Å²) in [6.45, 7) is 1.93. The lowest BCUT2D eigenvalue weighted by Gasteiger charge is -2.12. The standard InChI is InChI=1S/C22H19NO5S/c1-15-5-8-18(23(25)26)21(12-15)28-14-17-13-16(7-10-20(17)27-2)6-9-19(24)22-4-3-11-29-22/h3-13H,14H2,1-2H3/b9-6+. The Morgan fingerprint density at radius 3 is 2.69 bits per heavy atom. The van der Waals surface area contributed by atoms with Crippen LogP contribution >= 0.6 is 11.3 Å². The van der Waals surface area contributed by atoms with E-state index in [1.807, 2.05) is 30.5 Å². The second kappa shape index (κ2) is 9.16. The molecule has 3 aromatic rings. The molecule has 7 heteroatoms. The molecule has 2 aromatic carbocycles. The molecule has 1 aromatic heterocycles. The van der Waals surface area contributed by atoms with Crippen molar-refractivity contribution in [1.82, 2.24) is 0 Å². The minimum Gasteiger partial charge on any atom is -0.496 e. The lowest BCUT2D eigenvalue weighted by atomic mass is 10.1. The average Bonchev–Trinajstić information content (AvgIpc) is 3.25. The van der Waals surface area contributed by atoms with Crippen LogP contribution in [-0.4, -0.2) is 17.8 Å². The van der Waals surface area contributed by atoms with Gasteiger partial charge in [-0.05, 0) is 53.8 Å². The van der Waals surface area contributed by atoms with E-state index in [4.69, 9.17) is 9.47 Å². The molecule has 0 bridgehead atoms. The normalized spacial score (nSPS) is 10.8. The first-order valence-corrected chi connectivity index (χ1v) is 9.66. The average molecular weight is 409 g/mol. The van der Waals surface area contributed by atoms with Gasteiger partial charge in [-0.3, -0.25) is 14.9 Å². The molecule has 0 aliphatic heterocycles. The van der Waals surface area contributed by atoms with Gasteiger partial charge in [0, 0.05) is 11.6 Å². The maximum atomic E-state index is 12.1. The van der Waals surface area contributed by atoms with E-state index >= 15 is 0 Å². The summed E-state index contributed by atoms with van der Waals surface area (Å²) < 4.78 is 11.1. The van der Waals surface area contributed by atoms with Crippen molar-refractivity contribution in [2.45, 2.75) is 13.5 Å². The van der Waals surface area contributed by atoms with Gasteiger partial charge in [-0.25, -0.2) is 0 Å². The monoisotopic (exact) mass is 409 g/mol. The fraction of sp³-hybridized carbons (Fsp3) is 0.136. The van der Waals surface area contributed by atoms with Gasteiger partial charge in [-0.2, -0.15) is 0 Å². The van der Waals surface area contributed by atoms with Crippen LogP contribution in [-0.2, 0) is 6.61 Å². The predicted molar refractivity (Wildman–Crippen MR) is 113 cm³/mol. The molecule has 3 rings (SSSR count). The lowest BCUT2D eigenvalue weighted by Crippen LogP contribution is -2.02. The zero-order valence-corrected chi connectivity index (χ0v) is 16.8. The molecule has 0 amide bonds. The topological polar surface area (TPSA) is 78.7 Å². The summed E-state index contributed by atoms with van der Waals surface area (Å²) in [6.07, 6.45) is 3.24. The number of thiophene rings is 1. The number of ketones is 1. The number of methoxy groups -OCH3 is 1. The van der Waals surface area contributed by atoms with Gasteiger partial charge in [-0.15, -0.1) is 11.3 Å². The molecule has 29 heavy (non-hydrogen) atoms. The maximum absolute atomic E-state index is 12.1. The zero-order chi connectivity index (χ0) is 20.8. The summed E-state index contributed by atoms with van der Waals surface area (Å²) in [6, 6.07) is 13.8. The smallest absolute Gasteiger partial charge is 0.310 e. The van der Waals surface area contributed by atoms with Crippen LogP contribution in [0, 0.1) is 17.0 Å². The van der Waals surface area contributed by atoms with Crippen LogP contribution in [0.3, 0.4) is 0 Å². The van der Waals surface area contributed by atoms with Crippen LogP contribution in [0.1, 0.15) is 26.4 Å². The minimum absolute atomic E-state index is 0.0657. The van der Waals surface area contributed by atoms with E-state index in [1.165, 1.54) is 23.5 Å². The van der Waals surface area contributed by atoms with Crippen LogP contribution in [0.15, 0.2) is 60.0 Å². The second-order valence-corrected chi connectivity index (χ2v) is 7.21. The number of ether oxygens (including phenoxy) is 2. The summed E-state index contributed by atoms with van der Waals surface area (Å²) in [5.41, 5.74) is 2.29. The van der Waals surface area contributed by atoms with E-state index in [1.54, 1.807) is 37.5 Å². The van der Waals surface area contributed by atoms with Crippen molar-refractivity contribution in [2.75, 3.05) is 7.11 Å². The molecule has 0 fully saturated rings. The summed E-state index contributed by atoms with van der Waals surface area (Å²) >= 11 is 1.39. The molecular formula is C22H19NO5S. The summed E-state index contributed by atoms with van der Waals surface area (Å²) in [5.74, 6) is 0.733. The van der Waals surface area contributed by atoms with E-state index in [0.717, 1.165) is 11.1 Å². The fourth-order valence-electron chi connectivity index (χ4n) is 2.73. The molecule has 1 heterocycles. The Kier molecular flexibility index (Phi) is 6.41. The number of nitro groups is 1. The molecular weight excluding hydrogens is 390 g/mol. The third kappa shape index (κ3) is 5.08. The Labute approximate surface area is 172 Å². The van der Waals surface area contributed by atoms with E-state index < -0.39 is 4.92 Å². The third-order valence-corrected chi connectivity index (χ3v) is 5.08. The van der Waals surface area contributed by atoms with Crippen LogP contribution in [0.2, 0.25) is 0 Å². The number of aryl methyl sites for hydroxylation is 1. The number of hydrogen-bond donors (Lipinski definition) is 0. The van der Waals surface area contributed by atoms with Gasteiger partial charge in [0.05, 0.1) is 16.9 Å². The van der Waals surface area contributed by atoms with E-state index in [9.17, 15) is 14.9 Å². The number of nitro benzene ring substituents is 1. The molecule has 0 N–H and O–H groups in total. The Morgan fingerprint density at radius 1 is 1.17 bits per heavy atom. The highest BCUT2D eigenvalue weighted by atomic mass is 32.1. The fourth-order valence-corrected chi connectivity index (χ4v) is 3.38. The van der Waals surface area contributed by atoms with Crippen molar-refractivity contribution in [3.8, 4) is 11.5 Å². The summed E-state index contributed by atoms with van der Waals surface area (Å²) in [4.78, 5) is 23.6. The highest BCUT2D eigenvalue weighted by molar-refractivity contribution is 7.12. The van der Waals surface area contributed by atoms with Crippen molar-refractivity contribution >= 4 is 28.9 Å². The Morgan fingerprint density at radius 2 is 2.00 bits per heavy atom. The quantitative estimate of drug-likeness (QED) is 0.214. The molecule has 0 atom stereocenters. The SMILES string of the molecule is COc1ccc(/C=C/C(=O)c2cccs2)cc1COc1cc(C)ccc1[N+](=O)[O-]. The van der Waals surface area contributed by atoms with E-state index in [-0.39, 0.29) is 23.8 Å².